The van der Waals surface area contributed by atoms with Crippen LogP contribution in [0.5, 0.6) is 0 Å². The van der Waals surface area contributed by atoms with Gasteiger partial charge in [-0.05, 0) is 56.7 Å². The van der Waals surface area contributed by atoms with E-state index >= 15 is 0 Å². The molecule has 0 fully saturated rings. The quantitative estimate of drug-likeness (QED) is 0.640. The number of nitrogen functional groups attached to an aromatic ring is 1. The molecule has 0 atom stereocenters. The van der Waals surface area contributed by atoms with Gasteiger partial charge in [0.2, 0.25) is 0 Å². The monoisotopic (exact) mass is 345 g/mol. The molecular weight excluding hydrogens is 326 g/mol. The molecule has 0 aliphatic heterocycles. The van der Waals surface area contributed by atoms with Crippen molar-refractivity contribution in [1.82, 2.24) is 9.97 Å². The Kier molecular flexibility index (Phi) is 6.13. The number of nitrogens with zero attached hydrogens (tertiary/aromatic N) is 2. The zero-order valence-electron chi connectivity index (χ0n) is 13.5. The van der Waals surface area contributed by atoms with Gasteiger partial charge in [-0.15, -0.1) is 11.3 Å². The highest BCUT2D eigenvalue weighted by Crippen LogP contribution is 2.27. The van der Waals surface area contributed by atoms with E-state index in [0.29, 0.717) is 0 Å². The van der Waals surface area contributed by atoms with E-state index in [1.165, 1.54) is 10.4 Å². The van der Waals surface area contributed by atoms with E-state index in [1.807, 2.05) is 12.3 Å². The zero-order valence-corrected chi connectivity index (χ0v) is 15.1. The van der Waals surface area contributed by atoms with Crippen LogP contribution in [0.3, 0.4) is 0 Å². The van der Waals surface area contributed by atoms with E-state index in [2.05, 4.69) is 36.8 Å². The third kappa shape index (κ3) is 5.05. The lowest BCUT2D eigenvalue weighted by atomic mass is 10.2. The molecule has 5 heteroatoms. The Hall–Kier alpha value is -1.91. The maximum absolute atomic E-state index is 5.56. The van der Waals surface area contributed by atoms with Gasteiger partial charge in [-0.1, -0.05) is 18.5 Å². The highest BCUT2D eigenvalue weighted by molar-refractivity contribution is 7.15. The van der Waals surface area contributed by atoms with Gasteiger partial charge in [0.05, 0.1) is 5.69 Å². The second-order valence-electron chi connectivity index (χ2n) is 5.10. The third-order valence-corrected chi connectivity index (χ3v) is 4.70. The molecule has 3 nitrogen and oxygen atoms in total. The molecule has 120 valence electrons. The van der Waals surface area contributed by atoms with E-state index in [9.17, 15) is 0 Å². The average molecular weight is 346 g/mol. The summed E-state index contributed by atoms with van der Waals surface area (Å²) < 4.78 is 0. The van der Waals surface area contributed by atoms with Crippen LogP contribution < -0.4 is 5.73 Å². The molecule has 0 unspecified atom stereocenters. The molecule has 3 aromatic rings. The van der Waals surface area contributed by atoms with Gasteiger partial charge in [0.1, 0.15) is 5.01 Å². The molecule has 0 amide bonds. The van der Waals surface area contributed by atoms with Crippen LogP contribution in [-0.4, -0.2) is 9.97 Å². The van der Waals surface area contributed by atoms with Crippen molar-refractivity contribution in [2.75, 3.05) is 5.73 Å². The number of pyridine rings is 1. The summed E-state index contributed by atoms with van der Waals surface area (Å²) in [6.07, 6.45) is 2.83. The van der Waals surface area contributed by atoms with Gasteiger partial charge >= 0.3 is 0 Å². The first kappa shape index (κ1) is 17.4. The van der Waals surface area contributed by atoms with Gasteiger partial charge in [0.15, 0.2) is 0 Å². The fourth-order valence-corrected chi connectivity index (χ4v) is 2.90. The van der Waals surface area contributed by atoms with Crippen molar-refractivity contribution in [3.8, 4) is 10.6 Å². The highest BCUT2D eigenvalue weighted by Gasteiger charge is 2.06. The number of anilines is 1. The summed E-state index contributed by atoms with van der Waals surface area (Å²) >= 11 is 7.30. The molecule has 0 bridgehead atoms. The van der Waals surface area contributed by atoms with Crippen LogP contribution in [0.1, 0.15) is 23.2 Å². The number of hydrogen-bond donors (Lipinski definition) is 1. The average Bonchev–Trinajstić information content (AvgIpc) is 2.90. The van der Waals surface area contributed by atoms with Gasteiger partial charge in [0, 0.05) is 33.0 Å². The van der Waals surface area contributed by atoms with Crippen LogP contribution in [0.2, 0.25) is 5.02 Å². The van der Waals surface area contributed by atoms with Gasteiger partial charge in [0.25, 0.3) is 0 Å². The number of nitrogens with two attached hydrogens (primary N) is 1. The summed E-state index contributed by atoms with van der Waals surface area (Å²) in [5, 5.41) is 1.82. The predicted octanol–water partition coefficient (Wildman–Crippen LogP) is 5.31. The molecule has 23 heavy (non-hydrogen) atoms. The highest BCUT2D eigenvalue weighted by atomic mass is 35.5. The van der Waals surface area contributed by atoms with Crippen molar-refractivity contribution >= 4 is 28.6 Å². The molecule has 3 rings (SSSR count). The minimum atomic E-state index is 0.721. The fraction of sp³-hybridized carbons (Fsp3) is 0.222. The van der Waals surface area contributed by atoms with Gasteiger partial charge in [-0.2, -0.15) is 0 Å². The first-order valence-electron chi connectivity index (χ1n) is 7.40. The summed E-state index contributed by atoms with van der Waals surface area (Å²) in [6.45, 7) is 6.28. The topological polar surface area (TPSA) is 51.8 Å². The number of aryl methyl sites for hydroxylation is 3. The molecule has 0 radical (unpaired) electrons. The van der Waals surface area contributed by atoms with Gasteiger partial charge < -0.3 is 5.73 Å². The Morgan fingerprint density at radius 2 is 1.83 bits per heavy atom. The Balaban J connectivity index is 0.000000203. The standard InChI is InChI=1S/C12H14N2S.C6H6ClN/c1-4-11-7-10(5-6-13-11)12-14-8(2)9(3)15-12;7-5-1-3-6(8)4-2-5/h5-7H,4H2,1-3H3;1-4H,8H2. The van der Waals surface area contributed by atoms with Crippen LogP contribution in [0.15, 0.2) is 42.6 Å². The van der Waals surface area contributed by atoms with Crippen LogP contribution in [-0.2, 0) is 6.42 Å². The summed E-state index contributed by atoms with van der Waals surface area (Å²) in [4.78, 5) is 10.1. The van der Waals surface area contributed by atoms with Crippen LogP contribution in [0.25, 0.3) is 10.6 Å². The van der Waals surface area contributed by atoms with Crippen LogP contribution >= 0.6 is 22.9 Å². The molecule has 2 N–H and O–H groups in total. The Morgan fingerprint density at radius 3 is 2.35 bits per heavy atom. The minimum Gasteiger partial charge on any atom is -0.399 e. The third-order valence-electron chi connectivity index (χ3n) is 3.32. The van der Waals surface area contributed by atoms with Gasteiger partial charge in [-0.3, -0.25) is 4.98 Å². The van der Waals surface area contributed by atoms with E-state index in [-0.39, 0.29) is 0 Å². The Morgan fingerprint density at radius 1 is 1.13 bits per heavy atom. The van der Waals surface area contributed by atoms with E-state index in [0.717, 1.165) is 33.5 Å². The molecule has 1 aromatic carbocycles. The smallest absolute Gasteiger partial charge is 0.123 e. The lowest BCUT2D eigenvalue weighted by molar-refractivity contribution is 1.04. The maximum atomic E-state index is 5.56. The summed E-state index contributed by atoms with van der Waals surface area (Å²) in [6, 6.07) is 11.2. The second-order valence-corrected chi connectivity index (χ2v) is 6.74. The Labute approximate surface area is 146 Å². The lowest BCUT2D eigenvalue weighted by Crippen LogP contribution is -1.86. The lowest BCUT2D eigenvalue weighted by Gasteiger charge is -1.98. The van der Waals surface area contributed by atoms with Crippen LogP contribution in [0.4, 0.5) is 5.69 Å². The first-order valence-corrected chi connectivity index (χ1v) is 8.59. The minimum absolute atomic E-state index is 0.721. The number of benzene rings is 1. The van der Waals surface area contributed by atoms with E-state index < -0.39 is 0 Å². The second kappa shape index (κ2) is 8.09. The Bertz CT molecular complexity index is 726. The molecule has 0 saturated carbocycles. The number of halogens is 1. The first-order chi connectivity index (χ1) is 11.0. The number of thiazole rings is 1. The van der Waals surface area contributed by atoms with Crippen molar-refractivity contribution in [2.24, 2.45) is 0 Å². The van der Waals surface area contributed by atoms with Crippen LogP contribution in [0, 0.1) is 13.8 Å². The zero-order chi connectivity index (χ0) is 16.8. The SMILES string of the molecule is CCc1cc(-c2nc(C)c(C)s2)ccn1.Nc1ccc(Cl)cc1. The molecule has 2 aromatic heterocycles. The van der Waals surface area contributed by atoms with Gasteiger partial charge in [-0.25, -0.2) is 4.98 Å². The summed E-state index contributed by atoms with van der Waals surface area (Å²) in [5.41, 5.74) is 9.55. The van der Waals surface area contributed by atoms with Crippen molar-refractivity contribution in [1.29, 1.82) is 0 Å². The number of aromatic nitrogens is 2. The predicted molar refractivity (Wildman–Crippen MR) is 100 cm³/mol. The molecular formula is C18H20ClN3S. The fourth-order valence-electron chi connectivity index (χ4n) is 1.86. The number of rotatable bonds is 2. The van der Waals surface area contributed by atoms with Crippen molar-refractivity contribution < 1.29 is 0 Å². The summed E-state index contributed by atoms with van der Waals surface area (Å²) in [7, 11) is 0. The molecule has 0 spiro atoms. The normalized spacial score (nSPS) is 10.1. The van der Waals surface area contributed by atoms with E-state index in [4.69, 9.17) is 17.3 Å². The van der Waals surface area contributed by atoms with Crippen molar-refractivity contribution in [2.45, 2.75) is 27.2 Å². The van der Waals surface area contributed by atoms with Crippen molar-refractivity contribution in [3.05, 3.63) is 63.9 Å². The molecule has 0 aliphatic carbocycles. The number of hydrogen-bond acceptors (Lipinski definition) is 4. The van der Waals surface area contributed by atoms with E-state index in [1.54, 1.807) is 35.6 Å². The van der Waals surface area contributed by atoms with Crippen molar-refractivity contribution in [3.63, 3.8) is 0 Å². The molecule has 0 aliphatic rings. The molecule has 2 heterocycles. The molecule has 0 saturated heterocycles. The largest absolute Gasteiger partial charge is 0.399 e. The maximum Gasteiger partial charge on any atom is 0.123 e. The summed E-state index contributed by atoms with van der Waals surface area (Å²) in [5.74, 6) is 0.